The van der Waals surface area contributed by atoms with Crippen LogP contribution in [0.25, 0.3) is 10.9 Å². The molecule has 0 amide bonds. The van der Waals surface area contributed by atoms with Gasteiger partial charge in [-0.1, -0.05) is 25.1 Å². The fraction of sp³-hybridized carbons (Fsp3) is 0.231. The molecule has 0 aliphatic carbocycles. The Morgan fingerprint density at radius 3 is 2.94 bits per heavy atom. The summed E-state index contributed by atoms with van der Waals surface area (Å²) in [6, 6.07) is 9.23. The number of ether oxygens (including phenoxy) is 1. The van der Waals surface area contributed by atoms with Gasteiger partial charge in [-0.25, -0.2) is 9.78 Å². The Balaban J connectivity index is 2.40. The number of carbonyl (C=O) groups is 1. The Morgan fingerprint density at radius 1 is 1.41 bits per heavy atom. The topological polar surface area (TPSA) is 65.2 Å². The van der Waals surface area contributed by atoms with Gasteiger partial charge >= 0.3 is 5.97 Å². The first kappa shape index (κ1) is 11.4. The molecule has 2 rings (SSSR count). The lowest BCUT2D eigenvalue weighted by molar-refractivity contribution is 0.0506. The summed E-state index contributed by atoms with van der Waals surface area (Å²) in [5.41, 5.74) is 6.85. The van der Waals surface area contributed by atoms with Crippen molar-refractivity contribution in [3.8, 4) is 0 Å². The van der Waals surface area contributed by atoms with Crippen LogP contribution in [0.1, 0.15) is 23.7 Å². The molecular formula is C13H14N2O2. The summed E-state index contributed by atoms with van der Waals surface area (Å²) in [5, 5.41) is 0.880. The van der Waals surface area contributed by atoms with Crippen LogP contribution in [0, 0.1) is 0 Å². The summed E-state index contributed by atoms with van der Waals surface area (Å²) in [7, 11) is 0. The van der Waals surface area contributed by atoms with Crippen molar-refractivity contribution >= 4 is 22.7 Å². The second-order valence-corrected chi connectivity index (χ2v) is 3.75. The number of carbonyl (C=O) groups excluding carboxylic acids is 1. The molecule has 0 fully saturated rings. The van der Waals surface area contributed by atoms with E-state index in [9.17, 15) is 4.79 Å². The number of nitrogen functional groups attached to an aromatic ring is 1. The smallest absolute Gasteiger partial charge is 0.341 e. The van der Waals surface area contributed by atoms with Gasteiger partial charge in [-0.05, 0) is 18.6 Å². The number of nitrogens with two attached hydrogens (primary N) is 1. The molecule has 1 aromatic heterocycles. The van der Waals surface area contributed by atoms with E-state index in [1.807, 2.05) is 31.2 Å². The van der Waals surface area contributed by atoms with Crippen molar-refractivity contribution in [3.63, 3.8) is 0 Å². The van der Waals surface area contributed by atoms with Crippen molar-refractivity contribution in [3.05, 3.63) is 35.9 Å². The van der Waals surface area contributed by atoms with Gasteiger partial charge < -0.3 is 10.5 Å². The van der Waals surface area contributed by atoms with Gasteiger partial charge in [0.15, 0.2) is 0 Å². The number of anilines is 1. The third kappa shape index (κ3) is 2.36. The van der Waals surface area contributed by atoms with E-state index in [-0.39, 0.29) is 5.82 Å². The highest BCUT2D eigenvalue weighted by atomic mass is 16.5. The van der Waals surface area contributed by atoms with Crippen LogP contribution in [0.5, 0.6) is 0 Å². The Bertz CT molecular complexity index is 552. The van der Waals surface area contributed by atoms with Crippen molar-refractivity contribution < 1.29 is 9.53 Å². The van der Waals surface area contributed by atoms with Crippen LogP contribution in [-0.2, 0) is 4.74 Å². The third-order valence-electron chi connectivity index (χ3n) is 2.41. The molecule has 0 aliphatic rings. The Kier molecular flexibility index (Phi) is 3.23. The predicted molar refractivity (Wildman–Crippen MR) is 66.7 cm³/mol. The van der Waals surface area contributed by atoms with E-state index >= 15 is 0 Å². The lowest BCUT2D eigenvalue weighted by atomic mass is 10.1. The van der Waals surface area contributed by atoms with Gasteiger partial charge in [0.2, 0.25) is 0 Å². The zero-order chi connectivity index (χ0) is 12.3. The highest BCUT2D eigenvalue weighted by Crippen LogP contribution is 2.18. The van der Waals surface area contributed by atoms with Crippen molar-refractivity contribution in [1.82, 2.24) is 4.98 Å². The molecule has 4 nitrogen and oxygen atoms in total. The van der Waals surface area contributed by atoms with E-state index in [0.717, 1.165) is 17.3 Å². The van der Waals surface area contributed by atoms with Crippen LogP contribution in [0.15, 0.2) is 30.3 Å². The van der Waals surface area contributed by atoms with Gasteiger partial charge in [-0.3, -0.25) is 0 Å². The molecule has 4 heteroatoms. The molecule has 2 N–H and O–H groups in total. The number of aromatic nitrogens is 1. The van der Waals surface area contributed by atoms with Gasteiger partial charge in [0.1, 0.15) is 11.4 Å². The van der Waals surface area contributed by atoms with Crippen molar-refractivity contribution in [1.29, 1.82) is 0 Å². The second kappa shape index (κ2) is 4.82. The van der Waals surface area contributed by atoms with E-state index < -0.39 is 5.97 Å². The predicted octanol–water partition coefficient (Wildman–Crippen LogP) is 2.38. The molecule has 0 unspecified atom stereocenters. The number of hydrogen-bond acceptors (Lipinski definition) is 4. The molecule has 0 radical (unpaired) electrons. The molecule has 0 saturated heterocycles. The quantitative estimate of drug-likeness (QED) is 0.822. The highest BCUT2D eigenvalue weighted by molar-refractivity contribution is 5.98. The van der Waals surface area contributed by atoms with Crippen LogP contribution in [0.4, 0.5) is 5.82 Å². The Hall–Kier alpha value is -2.10. The van der Waals surface area contributed by atoms with Crippen molar-refractivity contribution in [2.75, 3.05) is 12.3 Å². The molecule has 17 heavy (non-hydrogen) atoms. The number of hydrogen-bond donors (Lipinski definition) is 1. The van der Waals surface area contributed by atoms with E-state index in [1.54, 1.807) is 6.07 Å². The van der Waals surface area contributed by atoms with Gasteiger partial charge in [-0.2, -0.15) is 0 Å². The number of fused-ring (bicyclic) bond motifs is 1. The normalized spacial score (nSPS) is 10.4. The number of benzene rings is 1. The largest absolute Gasteiger partial charge is 0.462 e. The lowest BCUT2D eigenvalue weighted by Crippen LogP contribution is -2.10. The average molecular weight is 230 g/mol. The number of nitrogens with zero attached hydrogens (tertiary/aromatic N) is 1. The minimum absolute atomic E-state index is 0.213. The lowest BCUT2D eigenvalue weighted by Gasteiger charge is -2.06. The zero-order valence-corrected chi connectivity index (χ0v) is 9.64. The average Bonchev–Trinajstić information content (AvgIpc) is 2.35. The SMILES string of the molecule is CCCOC(=O)c1cc2ccccc2nc1N. The van der Waals surface area contributed by atoms with Crippen LogP contribution in [0.2, 0.25) is 0 Å². The van der Waals surface area contributed by atoms with Crippen LogP contribution in [0.3, 0.4) is 0 Å². The zero-order valence-electron chi connectivity index (χ0n) is 9.64. The second-order valence-electron chi connectivity index (χ2n) is 3.75. The molecule has 88 valence electrons. The maximum Gasteiger partial charge on any atom is 0.341 e. The molecule has 0 aliphatic heterocycles. The standard InChI is InChI=1S/C13H14N2O2/c1-2-7-17-13(16)10-8-9-5-3-4-6-11(9)15-12(10)14/h3-6,8H,2,7H2,1H3,(H2,14,15). The number of pyridine rings is 1. The third-order valence-corrected chi connectivity index (χ3v) is 2.41. The molecular weight excluding hydrogens is 216 g/mol. The van der Waals surface area contributed by atoms with Gasteiger partial charge in [0.25, 0.3) is 0 Å². The molecule has 0 saturated carbocycles. The summed E-state index contributed by atoms with van der Waals surface area (Å²) in [5.74, 6) is -0.201. The number of para-hydroxylation sites is 1. The molecule has 1 heterocycles. The number of esters is 1. The summed E-state index contributed by atoms with van der Waals surface area (Å²) < 4.78 is 5.05. The van der Waals surface area contributed by atoms with Crippen LogP contribution >= 0.6 is 0 Å². The van der Waals surface area contributed by atoms with E-state index in [1.165, 1.54) is 0 Å². The molecule has 1 aromatic carbocycles. The maximum atomic E-state index is 11.7. The van der Waals surface area contributed by atoms with E-state index in [2.05, 4.69) is 4.98 Å². The van der Waals surface area contributed by atoms with Crippen LogP contribution in [-0.4, -0.2) is 17.6 Å². The van der Waals surface area contributed by atoms with Crippen molar-refractivity contribution in [2.45, 2.75) is 13.3 Å². The maximum absolute atomic E-state index is 11.7. The Labute approximate surface area is 99.4 Å². The first-order valence-corrected chi connectivity index (χ1v) is 5.54. The Morgan fingerprint density at radius 2 is 2.18 bits per heavy atom. The minimum atomic E-state index is -0.414. The monoisotopic (exact) mass is 230 g/mol. The van der Waals surface area contributed by atoms with E-state index in [0.29, 0.717) is 12.2 Å². The fourth-order valence-electron chi connectivity index (χ4n) is 1.57. The fourth-order valence-corrected chi connectivity index (χ4v) is 1.57. The summed E-state index contributed by atoms with van der Waals surface area (Å²) >= 11 is 0. The van der Waals surface area contributed by atoms with Gasteiger partial charge in [0, 0.05) is 5.39 Å². The summed E-state index contributed by atoms with van der Waals surface area (Å²) in [4.78, 5) is 15.9. The molecule has 0 atom stereocenters. The first-order chi connectivity index (χ1) is 8.22. The van der Waals surface area contributed by atoms with Gasteiger partial charge in [-0.15, -0.1) is 0 Å². The highest BCUT2D eigenvalue weighted by Gasteiger charge is 2.13. The van der Waals surface area contributed by atoms with Crippen molar-refractivity contribution in [2.24, 2.45) is 0 Å². The molecule has 0 bridgehead atoms. The summed E-state index contributed by atoms with van der Waals surface area (Å²) in [6.07, 6.45) is 0.784. The van der Waals surface area contributed by atoms with E-state index in [4.69, 9.17) is 10.5 Å². The minimum Gasteiger partial charge on any atom is -0.462 e. The number of rotatable bonds is 3. The summed E-state index contributed by atoms with van der Waals surface area (Å²) in [6.45, 7) is 2.33. The first-order valence-electron chi connectivity index (χ1n) is 5.54. The molecule has 0 spiro atoms. The van der Waals surface area contributed by atoms with Crippen LogP contribution < -0.4 is 5.73 Å². The van der Waals surface area contributed by atoms with Gasteiger partial charge in [0.05, 0.1) is 12.1 Å². The molecule has 2 aromatic rings.